The van der Waals surface area contributed by atoms with Gasteiger partial charge in [-0.15, -0.1) is 0 Å². The minimum absolute atomic E-state index is 0.131. The zero-order valence-corrected chi connectivity index (χ0v) is 37.5. The second-order valence-electron chi connectivity index (χ2n) is 17.1. The van der Waals surface area contributed by atoms with Crippen LogP contribution in [0.4, 0.5) is 13.2 Å². The lowest BCUT2D eigenvalue weighted by molar-refractivity contribution is -0.137. The van der Waals surface area contributed by atoms with Crippen LogP contribution in [0.3, 0.4) is 0 Å². The van der Waals surface area contributed by atoms with Crippen molar-refractivity contribution >= 4 is 43.6 Å². The third-order valence-corrected chi connectivity index (χ3v) is 13.2. The highest BCUT2D eigenvalue weighted by atomic mass is 19.4. The summed E-state index contributed by atoms with van der Waals surface area (Å²) in [6.45, 7) is 0. The molecule has 0 atom stereocenters. The van der Waals surface area contributed by atoms with Gasteiger partial charge in [-0.25, -0.2) is 0 Å². The van der Waals surface area contributed by atoms with Gasteiger partial charge in [-0.1, -0.05) is 78.9 Å². The minimum atomic E-state index is -4.81. The van der Waals surface area contributed by atoms with Crippen LogP contribution in [0.5, 0.6) is 0 Å². The molecule has 0 spiro atoms. The predicted molar refractivity (Wildman–Crippen MR) is 270 cm³/mol. The van der Waals surface area contributed by atoms with E-state index in [9.17, 15) is 44.7 Å². The van der Waals surface area contributed by atoms with Crippen LogP contribution in [0, 0.1) is 68.0 Å². The molecule has 0 unspecified atom stereocenters. The summed E-state index contributed by atoms with van der Waals surface area (Å²) in [4.78, 5) is 0. The smallest absolute Gasteiger partial charge is 0.309 e. The van der Waals surface area contributed by atoms with E-state index < -0.39 is 11.7 Å². The van der Waals surface area contributed by atoms with E-state index in [0.29, 0.717) is 67.0 Å². The van der Waals surface area contributed by atoms with Crippen LogP contribution in [0.1, 0.15) is 38.9 Å². The molecule has 11 aromatic rings. The number of para-hydroxylation sites is 2. The van der Waals surface area contributed by atoms with Gasteiger partial charge in [0.2, 0.25) is 0 Å². The number of halogens is 3. The molecule has 2 aromatic heterocycles. The molecule has 0 radical (unpaired) electrons. The molecule has 2 heterocycles. The Morgan fingerprint density at radius 1 is 0.319 bits per heavy atom. The molecule has 11 heteroatoms. The van der Waals surface area contributed by atoms with Gasteiger partial charge >= 0.3 is 6.18 Å². The molecule has 8 nitrogen and oxygen atoms in total. The molecule has 0 saturated carbocycles. The van der Waals surface area contributed by atoms with E-state index in [0.717, 1.165) is 55.3 Å². The maximum atomic E-state index is 15.0. The fraction of sp³-hybridized carbons (Fsp3) is 0.0164. The quantitative estimate of drug-likeness (QED) is 0.162. The predicted octanol–water partition coefficient (Wildman–Crippen LogP) is 14.8. The molecule has 334 valence electrons. The molecular formula is C61H29F3N8. The molecule has 9 aromatic carbocycles. The Labute approximate surface area is 409 Å². The summed E-state index contributed by atoms with van der Waals surface area (Å²) in [5.74, 6) is 0. The first-order valence-electron chi connectivity index (χ1n) is 22.3. The van der Waals surface area contributed by atoms with Crippen LogP contribution in [0.25, 0.3) is 99.5 Å². The van der Waals surface area contributed by atoms with Crippen molar-refractivity contribution in [3.8, 4) is 92.3 Å². The molecule has 0 bridgehead atoms. The van der Waals surface area contributed by atoms with Crippen molar-refractivity contribution in [3.63, 3.8) is 0 Å². The van der Waals surface area contributed by atoms with Gasteiger partial charge in [0.1, 0.15) is 0 Å². The third-order valence-electron chi connectivity index (χ3n) is 13.2. The molecular weight excluding hydrogens is 902 g/mol. The van der Waals surface area contributed by atoms with Crippen molar-refractivity contribution in [2.24, 2.45) is 0 Å². The highest BCUT2D eigenvalue weighted by Crippen LogP contribution is 2.45. The SMILES string of the molecule is N#Cc1ccc(-c2ccc3c(c2)c2ccccc2n3-c2ccc(C#N)cc2-c2ccc(-c3ccc(C#N)cc3C(F)(F)F)cc2-n2c3ccccc3c3cc(-c4ccc(C#N)cc4C#N)ccc32)c(C#N)c1. The van der Waals surface area contributed by atoms with Crippen molar-refractivity contribution in [1.29, 1.82) is 31.6 Å². The summed E-state index contributed by atoms with van der Waals surface area (Å²) in [5, 5.41) is 62.9. The largest absolute Gasteiger partial charge is 0.417 e. The molecule has 0 saturated heterocycles. The molecule has 11 rings (SSSR count). The van der Waals surface area contributed by atoms with E-state index in [1.54, 1.807) is 66.7 Å². The highest BCUT2D eigenvalue weighted by molar-refractivity contribution is 6.13. The standard InChI is InChI=1S/C61H29F3N8/c62-61(63,64)54-26-39(33-68)11-18-47(54)42-13-19-50(60(29-42)72-56-8-4-2-6-49(56)53-28-41(15-22-59(53)72)46-17-10-37(31-66)24-44(46)35-70)51-25-38(32-67)12-20-57(51)71-55-7-3-1-5-48(55)52-27-40(14-21-58(52)71)45-16-9-36(30-65)23-43(45)34-69/h1-29H. The molecule has 0 aliphatic heterocycles. The van der Waals surface area contributed by atoms with Crippen LogP contribution in [-0.2, 0) is 6.18 Å². The summed E-state index contributed by atoms with van der Waals surface area (Å²) in [5.41, 5.74) is 8.86. The number of hydrogen-bond acceptors (Lipinski definition) is 6. The van der Waals surface area contributed by atoms with E-state index in [-0.39, 0.29) is 16.7 Å². The lowest BCUT2D eigenvalue weighted by atomic mass is 9.92. The lowest BCUT2D eigenvalue weighted by Gasteiger charge is -2.21. The Bertz CT molecular complexity index is 4420. The molecule has 0 fully saturated rings. The van der Waals surface area contributed by atoms with E-state index in [1.165, 1.54) is 12.1 Å². The fourth-order valence-electron chi connectivity index (χ4n) is 9.94. The Morgan fingerprint density at radius 3 is 1.25 bits per heavy atom. The summed E-state index contributed by atoms with van der Waals surface area (Å²) in [6, 6.07) is 63.9. The Kier molecular flexibility index (Phi) is 10.4. The topological polar surface area (TPSA) is 153 Å². The maximum absolute atomic E-state index is 15.0. The molecule has 0 aliphatic rings. The molecule has 0 N–H and O–H groups in total. The van der Waals surface area contributed by atoms with Crippen molar-refractivity contribution in [3.05, 3.63) is 215 Å². The summed E-state index contributed by atoms with van der Waals surface area (Å²) in [7, 11) is 0. The van der Waals surface area contributed by atoms with Crippen LogP contribution >= 0.6 is 0 Å². The van der Waals surface area contributed by atoms with E-state index in [2.05, 4.69) is 34.9 Å². The first kappa shape index (κ1) is 43.9. The van der Waals surface area contributed by atoms with Gasteiger partial charge in [0.15, 0.2) is 0 Å². The van der Waals surface area contributed by atoms with E-state index >= 15 is 0 Å². The summed E-state index contributed by atoms with van der Waals surface area (Å²) < 4.78 is 49.1. The number of nitrogens with zero attached hydrogens (tertiary/aromatic N) is 8. The summed E-state index contributed by atoms with van der Waals surface area (Å²) >= 11 is 0. The van der Waals surface area contributed by atoms with Crippen LogP contribution in [0.2, 0.25) is 0 Å². The zero-order valence-electron chi connectivity index (χ0n) is 37.5. The minimum Gasteiger partial charge on any atom is -0.309 e. The Balaban J connectivity index is 1.21. The van der Waals surface area contributed by atoms with Gasteiger partial charge in [0.25, 0.3) is 0 Å². The Morgan fingerprint density at radius 2 is 0.736 bits per heavy atom. The fourth-order valence-corrected chi connectivity index (χ4v) is 9.94. The molecule has 0 amide bonds. The Hall–Kier alpha value is -10.7. The van der Waals surface area contributed by atoms with Gasteiger partial charge < -0.3 is 9.13 Å². The van der Waals surface area contributed by atoms with Crippen molar-refractivity contribution in [2.45, 2.75) is 6.18 Å². The number of alkyl halides is 3. The van der Waals surface area contributed by atoms with E-state index in [1.807, 2.05) is 102 Å². The normalized spacial score (nSPS) is 11.2. The second kappa shape index (κ2) is 17.1. The van der Waals surface area contributed by atoms with E-state index in [4.69, 9.17) is 0 Å². The van der Waals surface area contributed by atoms with Gasteiger partial charge in [-0.05, 0) is 130 Å². The number of fused-ring (bicyclic) bond motifs is 6. The maximum Gasteiger partial charge on any atom is 0.417 e. The van der Waals surface area contributed by atoms with Crippen LogP contribution in [-0.4, -0.2) is 9.13 Å². The monoisotopic (exact) mass is 930 g/mol. The second-order valence-corrected chi connectivity index (χ2v) is 17.1. The van der Waals surface area contributed by atoms with Gasteiger partial charge in [0.05, 0.1) is 109 Å². The number of benzene rings is 9. The van der Waals surface area contributed by atoms with Crippen molar-refractivity contribution < 1.29 is 13.2 Å². The third kappa shape index (κ3) is 7.12. The number of aromatic nitrogens is 2. The first-order chi connectivity index (χ1) is 35.0. The number of rotatable bonds is 6. The van der Waals surface area contributed by atoms with Crippen molar-refractivity contribution in [1.82, 2.24) is 9.13 Å². The highest BCUT2D eigenvalue weighted by Gasteiger charge is 2.34. The zero-order chi connectivity index (χ0) is 49.8. The van der Waals surface area contributed by atoms with Gasteiger partial charge in [-0.2, -0.15) is 44.7 Å². The van der Waals surface area contributed by atoms with Crippen molar-refractivity contribution in [2.75, 3.05) is 0 Å². The molecule has 0 aliphatic carbocycles. The summed E-state index contributed by atoms with van der Waals surface area (Å²) in [6.07, 6.45) is -4.81. The number of nitriles is 6. The van der Waals surface area contributed by atoms with Crippen LogP contribution in [0.15, 0.2) is 176 Å². The van der Waals surface area contributed by atoms with Gasteiger partial charge in [-0.3, -0.25) is 0 Å². The average Bonchev–Trinajstić information content (AvgIpc) is 3.93. The van der Waals surface area contributed by atoms with Crippen LogP contribution < -0.4 is 0 Å². The first-order valence-corrected chi connectivity index (χ1v) is 22.3. The molecule has 72 heavy (non-hydrogen) atoms. The van der Waals surface area contributed by atoms with Gasteiger partial charge in [0, 0.05) is 32.7 Å². The number of hydrogen-bond donors (Lipinski definition) is 0. The lowest BCUT2D eigenvalue weighted by Crippen LogP contribution is -2.08. The average molecular weight is 931 g/mol.